The first-order chi connectivity index (χ1) is 9.13. The summed E-state index contributed by atoms with van der Waals surface area (Å²) in [5, 5.41) is 18.8. The van der Waals surface area contributed by atoms with Gasteiger partial charge in [0.2, 0.25) is 12.6 Å². The molecule has 118 valence electrons. The van der Waals surface area contributed by atoms with Crippen LogP contribution in [0.3, 0.4) is 0 Å². The van der Waals surface area contributed by atoms with Gasteiger partial charge in [-0.2, -0.15) is 0 Å². The number of aliphatic hydroxyl groups excluding tert-OH is 2. The Kier molecular flexibility index (Phi) is 8.59. The Morgan fingerprint density at radius 1 is 0.900 bits per heavy atom. The van der Waals surface area contributed by atoms with E-state index < -0.39 is 45.0 Å². The molecule has 9 nitrogen and oxygen atoms in total. The van der Waals surface area contributed by atoms with Gasteiger partial charge < -0.3 is 19.7 Å². The van der Waals surface area contributed by atoms with E-state index in [2.05, 4.69) is 18.5 Å². The average Bonchev–Trinajstić information content (AvgIpc) is 2.26. The summed E-state index contributed by atoms with van der Waals surface area (Å²) in [7, 11) is -3.28. The molecule has 20 heavy (non-hydrogen) atoms. The number of rotatable bonds is 8. The zero-order valence-electron chi connectivity index (χ0n) is 11.6. The fraction of sp³-hybridized carbons (Fsp3) is 0.800. The van der Waals surface area contributed by atoms with E-state index in [9.17, 15) is 24.4 Å². The van der Waals surface area contributed by atoms with Gasteiger partial charge in [0.1, 0.15) is 12.2 Å². The van der Waals surface area contributed by atoms with Crippen LogP contribution in [0.1, 0.15) is 27.7 Å². The summed E-state index contributed by atoms with van der Waals surface area (Å²) in [5.74, 6) is -1.30. The maximum Gasteiger partial charge on any atom is 0.324 e. The summed E-state index contributed by atoms with van der Waals surface area (Å²) in [4.78, 5) is 21.3. The van der Waals surface area contributed by atoms with Crippen molar-refractivity contribution in [3.8, 4) is 0 Å². The first-order valence-electron chi connectivity index (χ1n) is 5.71. The van der Waals surface area contributed by atoms with Crippen molar-refractivity contribution in [1.82, 2.24) is 0 Å². The molecule has 0 bridgehead atoms. The molecule has 0 rings (SSSR count). The Bertz CT molecular complexity index is 327. The van der Waals surface area contributed by atoms with Crippen LogP contribution in [0.2, 0.25) is 0 Å². The molecule has 0 radical (unpaired) electrons. The zero-order chi connectivity index (χ0) is 15.9. The quantitative estimate of drug-likeness (QED) is 0.360. The molecule has 2 N–H and O–H groups in total. The number of hydrogen-bond donors (Lipinski definition) is 2. The Labute approximate surface area is 116 Å². The van der Waals surface area contributed by atoms with Gasteiger partial charge in [-0.15, -0.1) is 0 Å². The van der Waals surface area contributed by atoms with Crippen molar-refractivity contribution in [2.24, 2.45) is 0 Å². The number of carbonyl (C=O) groups excluding carboxylic acids is 2. The van der Waals surface area contributed by atoms with E-state index in [0.29, 0.717) is 0 Å². The van der Waals surface area contributed by atoms with Gasteiger partial charge in [-0.25, -0.2) is 0 Å². The molecule has 4 atom stereocenters. The van der Waals surface area contributed by atoms with Gasteiger partial charge in [0.25, 0.3) is 0 Å². The second-order valence-electron chi connectivity index (χ2n) is 3.90. The van der Waals surface area contributed by atoms with E-state index in [1.165, 1.54) is 13.8 Å². The van der Waals surface area contributed by atoms with Crippen LogP contribution in [0.25, 0.3) is 0 Å². The summed E-state index contributed by atoms with van der Waals surface area (Å²) < 4.78 is 29.7. The van der Waals surface area contributed by atoms with Crippen molar-refractivity contribution in [2.45, 2.75) is 52.5 Å². The third kappa shape index (κ3) is 8.23. The molecule has 0 aromatic heterocycles. The smallest absolute Gasteiger partial charge is 0.324 e. The largest absolute Gasteiger partial charge is 0.457 e. The lowest BCUT2D eigenvalue weighted by molar-refractivity contribution is -0.173. The molecule has 0 fully saturated rings. The predicted molar refractivity (Wildman–Crippen MR) is 65.6 cm³/mol. The van der Waals surface area contributed by atoms with Crippen LogP contribution in [0.15, 0.2) is 0 Å². The molecule has 0 aliphatic heterocycles. The maximum absolute atomic E-state index is 11.4. The molecule has 0 spiro atoms. The Hall–Kier alpha value is -0.990. The fourth-order valence-corrected chi connectivity index (χ4v) is 1.89. The highest BCUT2D eigenvalue weighted by Crippen LogP contribution is 2.29. The van der Waals surface area contributed by atoms with E-state index in [0.717, 1.165) is 13.8 Å². The van der Waals surface area contributed by atoms with Gasteiger partial charge in [0, 0.05) is 13.8 Å². The van der Waals surface area contributed by atoms with Crippen LogP contribution in [-0.2, 0) is 32.7 Å². The van der Waals surface area contributed by atoms with Gasteiger partial charge in [0.15, 0.2) is 0 Å². The first-order valence-corrected chi connectivity index (χ1v) is 6.93. The number of hydrogen-bond acceptors (Lipinski definition) is 9. The molecule has 0 heterocycles. The predicted octanol–water partition coefficient (Wildman–Crippen LogP) is -0.0507. The molecule has 0 amide bonds. The number of carbonyl (C=O) groups is 2. The van der Waals surface area contributed by atoms with E-state index >= 15 is 0 Å². The molecule has 0 saturated heterocycles. The van der Waals surface area contributed by atoms with E-state index in [4.69, 9.17) is 0 Å². The van der Waals surface area contributed by atoms with Crippen molar-refractivity contribution in [3.05, 3.63) is 0 Å². The molecule has 10 heteroatoms. The SMILES string of the molecule is CC(=O)O[C@@H](C)[C@@H](O)O[PH](=O)O[C@H](O)[C@H](C)OC(C)=O. The van der Waals surface area contributed by atoms with E-state index in [1.807, 2.05) is 0 Å². The lowest BCUT2D eigenvalue weighted by atomic mass is 10.4. The van der Waals surface area contributed by atoms with Crippen LogP contribution in [0.4, 0.5) is 0 Å². The number of esters is 2. The van der Waals surface area contributed by atoms with Crippen molar-refractivity contribution in [3.63, 3.8) is 0 Å². The minimum atomic E-state index is -3.28. The summed E-state index contributed by atoms with van der Waals surface area (Å²) in [5.41, 5.74) is 0. The molecular formula is C10H19O9P. The van der Waals surface area contributed by atoms with E-state index in [1.54, 1.807) is 0 Å². The van der Waals surface area contributed by atoms with E-state index in [-0.39, 0.29) is 0 Å². The highest BCUT2D eigenvalue weighted by atomic mass is 31.1. The minimum absolute atomic E-state index is 0.649. The van der Waals surface area contributed by atoms with Gasteiger partial charge in [-0.3, -0.25) is 23.2 Å². The molecule has 0 aliphatic carbocycles. The lowest BCUT2D eigenvalue weighted by Gasteiger charge is -2.21. The molecule has 0 aliphatic rings. The molecule has 0 aromatic rings. The Morgan fingerprint density at radius 2 is 1.20 bits per heavy atom. The van der Waals surface area contributed by atoms with Crippen LogP contribution in [-0.4, -0.2) is 46.9 Å². The van der Waals surface area contributed by atoms with Crippen molar-refractivity contribution < 1.29 is 42.9 Å². The van der Waals surface area contributed by atoms with Gasteiger partial charge >= 0.3 is 20.2 Å². The zero-order valence-corrected chi connectivity index (χ0v) is 12.6. The fourth-order valence-electron chi connectivity index (χ4n) is 1.06. The van der Waals surface area contributed by atoms with Crippen molar-refractivity contribution in [1.29, 1.82) is 0 Å². The maximum atomic E-state index is 11.4. The summed E-state index contributed by atoms with van der Waals surface area (Å²) >= 11 is 0. The standard InChI is InChI=1S/C10H19O9P/c1-5(16-7(3)11)9(13)18-20(15)19-10(14)6(2)17-8(4)12/h5-6,9-10,13-14,20H,1-4H3/t5-,6-,9-,10-/m0/s1. The van der Waals surface area contributed by atoms with Crippen LogP contribution in [0, 0.1) is 0 Å². The number of ether oxygens (including phenoxy) is 2. The Morgan fingerprint density at radius 3 is 1.45 bits per heavy atom. The highest BCUT2D eigenvalue weighted by Gasteiger charge is 2.24. The van der Waals surface area contributed by atoms with Gasteiger partial charge in [-0.1, -0.05) is 0 Å². The summed E-state index contributed by atoms with van der Waals surface area (Å²) in [6.45, 7) is 4.90. The van der Waals surface area contributed by atoms with Crippen LogP contribution >= 0.6 is 8.25 Å². The summed E-state index contributed by atoms with van der Waals surface area (Å²) in [6.07, 6.45) is -5.48. The van der Waals surface area contributed by atoms with Gasteiger partial charge in [-0.05, 0) is 13.8 Å². The summed E-state index contributed by atoms with van der Waals surface area (Å²) in [6, 6.07) is 0. The second kappa shape index (κ2) is 9.04. The van der Waals surface area contributed by atoms with Gasteiger partial charge in [0.05, 0.1) is 0 Å². The molecular weight excluding hydrogens is 295 g/mol. The first kappa shape index (κ1) is 19.0. The molecule has 0 saturated carbocycles. The molecule has 0 unspecified atom stereocenters. The highest BCUT2D eigenvalue weighted by molar-refractivity contribution is 7.33. The Balaban J connectivity index is 4.21. The normalized spacial score (nSPS) is 17.1. The van der Waals surface area contributed by atoms with Crippen LogP contribution < -0.4 is 0 Å². The monoisotopic (exact) mass is 314 g/mol. The second-order valence-corrected chi connectivity index (χ2v) is 4.87. The third-order valence-corrected chi connectivity index (χ3v) is 2.81. The number of aliphatic hydroxyl groups is 2. The average molecular weight is 314 g/mol. The van der Waals surface area contributed by atoms with Crippen LogP contribution in [0.5, 0.6) is 0 Å². The molecule has 0 aromatic carbocycles. The third-order valence-electron chi connectivity index (χ3n) is 1.94. The lowest BCUT2D eigenvalue weighted by Crippen LogP contribution is -2.31. The van der Waals surface area contributed by atoms with Crippen molar-refractivity contribution in [2.75, 3.05) is 0 Å². The minimum Gasteiger partial charge on any atom is -0.457 e. The topological polar surface area (TPSA) is 129 Å². The van der Waals surface area contributed by atoms with Crippen molar-refractivity contribution >= 4 is 20.2 Å².